The molecule has 5 nitrogen and oxygen atoms in total. The topological polar surface area (TPSA) is 91.5 Å². The van der Waals surface area contributed by atoms with Gasteiger partial charge < -0.3 is 16.4 Å². The van der Waals surface area contributed by atoms with Crippen LogP contribution in [0.2, 0.25) is 10.0 Å². The average Bonchev–Trinajstić information content (AvgIpc) is 2.29. The number of hydrogen-bond donors (Lipinski definition) is 3. The van der Waals surface area contributed by atoms with E-state index in [9.17, 15) is 0 Å². The number of aliphatic imine (C=N–C) groups is 1. The van der Waals surface area contributed by atoms with E-state index in [1.807, 2.05) is 13.0 Å². The van der Waals surface area contributed by atoms with Crippen molar-refractivity contribution in [3.8, 4) is 0 Å². The SMILES string of the molecule is CCN(Cc1ccc(Cl)c(Cl)c1)C(=N)N=C(N)N. The third-order valence-corrected chi connectivity index (χ3v) is 3.01. The molecule has 0 radical (unpaired) electrons. The zero-order valence-corrected chi connectivity index (χ0v) is 11.5. The van der Waals surface area contributed by atoms with Crippen molar-refractivity contribution in [3.63, 3.8) is 0 Å². The molecule has 0 saturated heterocycles. The summed E-state index contributed by atoms with van der Waals surface area (Å²) in [5, 5.41) is 8.73. The van der Waals surface area contributed by atoms with Crippen molar-refractivity contribution in [1.29, 1.82) is 5.41 Å². The van der Waals surface area contributed by atoms with Gasteiger partial charge in [-0.25, -0.2) is 0 Å². The molecule has 0 aromatic heterocycles. The van der Waals surface area contributed by atoms with E-state index in [-0.39, 0.29) is 11.9 Å². The quantitative estimate of drug-likeness (QED) is 0.587. The van der Waals surface area contributed by atoms with E-state index in [2.05, 4.69) is 4.99 Å². The van der Waals surface area contributed by atoms with E-state index >= 15 is 0 Å². The predicted molar refractivity (Wildman–Crippen MR) is 76.1 cm³/mol. The Morgan fingerprint density at radius 1 is 1.33 bits per heavy atom. The summed E-state index contributed by atoms with van der Waals surface area (Å²) in [7, 11) is 0. The van der Waals surface area contributed by atoms with E-state index in [0.29, 0.717) is 23.1 Å². The third kappa shape index (κ3) is 4.09. The predicted octanol–water partition coefficient (Wildman–Crippen LogP) is 2.02. The minimum atomic E-state index is -0.132. The van der Waals surface area contributed by atoms with Crippen molar-refractivity contribution in [1.82, 2.24) is 4.90 Å². The largest absolute Gasteiger partial charge is 0.370 e. The second-order valence-electron chi connectivity index (χ2n) is 3.62. The van der Waals surface area contributed by atoms with E-state index in [1.54, 1.807) is 17.0 Å². The van der Waals surface area contributed by atoms with Crippen molar-refractivity contribution in [2.75, 3.05) is 6.54 Å². The maximum atomic E-state index is 7.74. The molecule has 0 aliphatic carbocycles. The number of nitrogens with zero attached hydrogens (tertiary/aromatic N) is 2. The molecule has 1 rings (SSSR count). The van der Waals surface area contributed by atoms with Crippen LogP contribution in [0.1, 0.15) is 12.5 Å². The first kappa shape index (κ1) is 14.6. The van der Waals surface area contributed by atoms with Crippen LogP contribution in [0.5, 0.6) is 0 Å². The summed E-state index contributed by atoms with van der Waals surface area (Å²) in [5.74, 6) is -0.115. The summed E-state index contributed by atoms with van der Waals surface area (Å²) in [5.41, 5.74) is 11.4. The van der Waals surface area contributed by atoms with Crippen LogP contribution < -0.4 is 11.5 Å². The maximum Gasteiger partial charge on any atom is 0.221 e. The van der Waals surface area contributed by atoms with Gasteiger partial charge in [0.1, 0.15) is 0 Å². The Morgan fingerprint density at radius 3 is 2.50 bits per heavy atom. The van der Waals surface area contributed by atoms with Gasteiger partial charge in [0.15, 0.2) is 5.96 Å². The molecule has 0 atom stereocenters. The third-order valence-electron chi connectivity index (χ3n) is 2.27. The standard InChI is InChI=1S/C11H15Cl2N5/c1-2-18(11(16)17-10(14)15)6-7-3-4-8(12)9(13)5-7/h3-5H,2,6H2,1H3,(H5,14,15,16,17). The van der Waals surface area contributed by atoms with Gasteiger partial charge in [-0.1, -0.05) is 29.3 Å². The molecular formula is C11H15Cl2N5. The molecule has 0 heterocycles. The molecule has 98 valence electrons. The Bertz CT molecular complexity index is 469. The van der Waals surface area contributed by atoms with Crippen LogP contribution in [-0.2, 0) is 6.54 Å². The molecule has 0 spiro atoms. The van der Waals surface area contributed by atoms with Gasteiger partial charge in [0, 0.05) is 13.1 Å². The first-order valence-electron chi connectivity index (χ1n) is 5.31. The highest BCUT2D eigenvalue weighted by molar-refractivity contribution is 6.42. The highest BCUT2D eigenvalue weighted by atomic mass is 35.5. The van der Waals surface area contributed by atoms with Gasteiger partial charge in [-0.05, 0) is 24.6 Å². The lowest BCUT2D eigenvalue weighted by atomic mass is 10.2. The zero-order chi connectivity index (χ0) is 13.7. The summed E-state index contributed by atoms with van der Waals surface area (Å²) < 4.78 is 0. The second kappa shape index (κ2) is 6.47. The number of nitrogens with one attached hydrogen (secondary N) is 1. The number of nitrogens with two attached hydrogens (primary N) is 2. The van der Waals surface area contributed by atoms with Gasteiger partial charge in [-0.2, -0.15) is 4.99 Å². The number of hydrogen-bond acceptors (Lipinski definition) is 1. The Labute approximate surface area is 116 Å². The van der Waals surface area contributed by atoms with Crippen molar-refractivity contribution in [3.05, 3.63) is 33.8 Å². The first-order chi connectivity index (χ1) is 8.43. The number of guanidine groups is 2. The molecule has 0 fully saturated rings. The van der Waals surface area contributed by atoms with Crippen molar-refractivity contribution >= 4 is 35.1 Å². The number of rotatable bonds is 3. The normalized spacial score (nSPS) is 9.94. The Kier molecular flexibility index (Phi) is 5.25. The number of halogens is 2. The Morgan fingerprint density at radius 2 is 2.00 bits per heavy atom. The van der Waals surface area contributed by atoms with Crippen molar-refractivity contribution < 1.29 is 0 Å². The average molecular weight is 288 g/mol. The van der Waals surface area contributed by atoms with Gasteiger partial charge in [0.05, 0.1) is 10.0 Å². The van der Waals surface area contributed by atoms with E-state index in [1.165, 1.54) is 0 Å². The minimum Gasteiger partial charge on any atom is -0.370 e. The van der Waals surface area contributed by atoms with Gasteiger partial charge >= 0.3 is 0 Å². The molecular weight excluding hydrogens is 273 g/mol. The summed E-state index contributed by atoms with van der Waals surface area (Å²) in [6.45, 7) is 3.01. The minimum absolute atomic E-state index is 0.0172. The van der Waals surface area contributed by atoms with Gasteiger partial charge in [-0.3, -0.25) is 5.41 Å². The summed E-state index contributed by atoms with van der Waals surface area (Å²) >= 11 is 11.8. The molecule has 0 unspecified atom stereocenters. The maximum absolute atomic E-state index is 7.74. The molecule has 18 heavy (non-hydrogen) atoms. The molecule has 5 N–H and O–H groups in total. The summed E-state index contributed by atoms with van der Waals surface area (Å²) in [6.07, 6.45) is 0. The van der Waals surface area contributed by atoms with Gasteiger partial charge in [0.25, 0.3) is 0 Å². The van der Waals surface area contributed by atoms with E-state index in [4.69, 9.17) is 40.1 Å². The Balaban J connectivity index is 2.83. The summed E-state index contributed by atoms with van der Waals surface area (Å²) in [6, 6.07) is 5.33. The Hall–Kier alpha value is -1.46. The lowest BCUT2D eigenvalue weighted by molar-refractivity contribution is 0.428. The molecule has 0 amide bonds. The second-order valence-corrected chi connectivity index (χ2v) is 4.44. The highest BCUT2D eigenvalue weighted by Gasteiger charge is 2.09. The molecule has 0 aliphatic heterocycles. The van der Waals surface area contributed by atoms with Crippen LogP contribution in [0.4, 0.5) is 0 Å². The molecule has 1 aromatic rings. The van der Waals surface area contributed by atoms with Crippen LogP contribution in [0.25, 0.3) is 0 Å². The molecule has 1 aromatic carbocycles. The fourth-order valence-corrected chi connectivity index (χ4v) is 1.71. The molecule has 7 heteroatoms. The van der Waals surface area contributed by atoms with Crippen molar-refractivity contribution in [2.45, 2.75) is 13.5 Å². The molecule has 0 saturated carbocycles. The lowest BCUT2D eigenvalue weighted by Crippen LogP contribution is -2.32. The van der Waals surface area contributed by atoms with Gasteiger partial charge in [-0.15, -0.1) is 0 Å². The van der Waals surface area contributed by atoms with Crippen molar-refractivity contribution in [2.24, 2.45) is 16.5 Å². The lowest BCUT2D eigenvalue weighted by Gasteiger charge is -2.21. The fourth-order valence-electron chi connectivity index (χ4n) is 1.39. The van der Waals surface area contributed by atoms with E-state index in [0.717, 1.165) is 5.56 Å². The van der Waals surface area contributed by atoms with Crippen LogP contribution in [0.3, 0.4) is 0 Å². The van der Waals surface area contributed by atoms with Crippen LogP contribution in [0.15, 0.2) is 23.2 Å². The van der Waals surface area contributed by atoms with Crippen LogP contribution in [-0.4, -0.2) is 23.4 Å². The first-order valence-corrected chi connectivity index (χ1v) is 6.06. The fraction of sp³-hybridized carbons (Fsp3) is 0.273. The molecule has 0 aliphatic rings. The van der Waals surface area contributed by atoms with Crippen LogP contribution >= 0.6 is 23.2 Å². The van der Waals surface area contributed by atoms with E-state index < -0.39 is 0 Å². The highest BCUT2D eigenvalue weighted by Crippen LogP contribution is 2.23. The zero-order valence-electron chi connectivity index (χ0n) is 9.95. The monoisotopic (exact) mass is 287 g/mol. The smallest absolute Gasteiger partial charge is 0.221 e. The number of benzene rings is 1. The molecule has 0 bridgehead atoms. The van der Waals surface area contributed by atoms with Crippen LogP contribution in [0, 0.1) is 5.41 Å². The van der Waals surface area contributed by atoms with Gasteiger partial charge in [0.2, 0.25) is 5.96 Å². The summed E-state index contributed by atoms with van der Waals surface area (Å²) in [4.78, 5) is 5.41.